The Morgan fingerprint density at radius 2 is 2.08 bits per heavy atom. The van der Waals surface area contributed by atoms with Crippen LogP contribution in [0.15, 0.2) is 21.8 Å². The number of hydrogen-bond acceptors (Lipinski definition) is 3. The molecule has 0 aliphatic heterocycles. The van der Waals surface area contributed by atoms with E-state index in [1.54, 1.807) is 0 Å². The number of aryl methyl sites for hydroxylation is 1. The number of hydrogen-bond donors (Lipinski definition) is 0. The Morgan fingerprint density at radius 1 is 1.50 bits per heavy atom. The highest BCUT2D eigenvalue weighted by atomic mass is 32.2. The molecular weight excluding hydrogens is 190 g/mol. The monoisotopic (exact) mass is 196 g/mol. The molecule has 0 fully saturated rings. The van der Waals surface area contributed by atoms with Gasteiger partial charge in [0.2, 0.25) is 5.09 Å². The van der Waals surface area contributed by atoms with Crippen LogP contribution < -0.4 is 0 Å². The van der Waals surface area contributed by atoms with Crippen molar-refractivity contribution in [2.75, 3.05) is 0 Å². The maximum Gasteiger partial charge on any atom is 0.344 e. The van der Waals surface area contributed by atoms with Gasteiger partial charge in [-0.15, -0.1) is 0 Å². The largest absolute Gasteiger partial charge is 0.452 e. The van der Waals surface area contributed by atoms with Crippen LogP contribution in [-0.2, 0) is 9.84 Å². The molecule has 0 bridgehead atoms. The molecule has 0 saturated carbocycles. The van der Waals surface area contributed by atoms with E-state index < -0.39 is 20.7 Å². The second-order valence-corrected chi connectivity index (χ2v) is 4.01. The van der Waals surface area contributed by atoms with Crippen LogP contribution in [0.4, 0.5) is 8.78 Å². The number of halogens is 2. The van der Waals surface area contributed by atoms with Crippen molar-refractivity contribution < 1.29 is 21.6 Å². The van der Waals surface area contributed by atoms with E-state index in [0.717, 1.165) is 6.26 Å². The van der Waals surface area contributed by atoms with Crippen LogP contribution in [0, 0.1) is 6.92 Å². The summed E-state index contributed by atoms with van der Waals surface area (Å²) in [5.74, 6) is -3.43. The second-order valence-electron chi connectivity index (χ2n) is 2.20. The summed E-state index contributed by atoms with van der Waals surface area (Å²) in [5.41, 5.74) is 0.190. The van der Waals surface area contributed by atoms with Crippen LogP contribution in [-0.4, -0.2) is 14.2 Å². The lowest BCUT2D eigenvalue weighted by Gasteiger charge is -1.98. The first-order valence-electron chi connectivity index (χ1n) is 3.02. The third-order valence-electron chi connectivity index (χ3n) is 1.31. The molecule has 3 nitrogen and oxygen atoms in total. The molecule has 0 amide bonds. The van der Waals surface area contributed by atoms with Gasteiger partial charge in [0.25, 0.3) is 9.84 Å². The quantitative estimate of drug-likeness (QED) is 0.721. The normalized spacial score (nSPS) is 12.3. The second kappa shape index (κ2) is 2.85. The minimum absolute atomic E-state index is 0.190. The first kappa shape index (κ1) is 9.18. The standard InChI is InChI=1S/C6H6F2O3S/c1-4-2-3-11-5(4)12(9,10)6(7)8/h2-3,6H,1H3. The summed E-state index contributed by atoms with van der Waals surface area (Å²) in [6.45, 7) is 1.39. The molecule has 1 aromatic heterocycles. The number of furan rings is 1. The van der Waals surface area contributed by atoms with E-state index in [9.17, 15) is 17.2 Å². The summed E-state index contributed by atoms with van der Waals surface area (Å²) < 4.78 is 49.8. The number of sulfone groups is 1. The van der Waals surface area contributed by atoms with Crippen LogP contribution in [0.1, 0.15) is 5.56 Å². The predicted octanol–water partition coefficient (Wildman–Crippen LogP) is 1.58. The lowest BCUT2D eigenvalue weighted by molar-refractivity contribution is 0.230. The molecule has 0 aliphatic rings. The smallest absolute Gasteiger partial charge is 0.344 e. The van der Waals surface area contributed by atoms with Crippen LogP contribution in [0.25, 0.3) is 0 Å². The third-order valence-corrected chi connectivity index (χ3v) is 2.71. The highest BCUT2D eigenvalue weighted by molar-refractivity contribution is 7.91. The predicted molar refractivity (Wildman–Crippen MR) is 36.6 cm³/mol. The lowest BCUT2D eigenvalue weighted by Crippen LogP contribution is -2.11. The van der Waals surface area contributed by atoms with Gasteiger partial charge >= 0.3 is 5.76 Å². The summed E-state index contributed by atoms with van der Waals surface area (Å²) in [7, 11) is -4.56. The molecule has 0 unspecified atom stereocenters. The molecule has 68 valence electrons. The Bertz CT molecular complexity index is 366. The summed E-state index contributed by atoms with van der Waals surface area (Å²) in [6, 6.07) is 1.31. The van der Waals surface area contributed by atoms with Gasteiger partial charge in [-0.05, 0) is 13.0 Å². The minimum Gasteiger partial charge on any atom is -0.452 e. The van der Waals surface area contributed by atoms with E-state index >= 15 is 0 Å². The van der Waals surface area contributed by atoms with E-state index in [-0.39, 0.29) is 5.56 Å². The maximum atomic E-state index is 11.9. The molecule has 6 heteroatoms. The first-order valence-corrected chi connectivity index (χ1v) is 4.57. The van der Waals surface area contributed by atoms with Crippen molar-refractivity contribution in [3.63, 3.8) is 0 Å². The average molecular weight is 196 g/mol. The number of alkyl halides is 2. The van der Waals surface area contributed by atoms with Crippen LogP contribution in [0.2, 0.25) is 0 Å². The van der Waals surface area contributed by atoms with E-state index in [1.807, 2.05) is 0 Å². The maximum absolute atomic E-state index is 11.9. The van der Waals surface area contributed by atoms with Gasteiger partial charge in [0.1, 0.15) is 0 Å². The van der Waals surface area contributed by atoms with Gasteiger partial charge in [-0.2, -0.15) is 8.78 Å². The summed E-state index contributed by atoms with van der Waals surface area (Å²) in [4.78, 5) is 0. The summed E-state index contributed by atoms with van der Waals surface area (Å²) in [6.07, 6.45) is 1.06. The van der Waals surface area contributed by atoms with E-state index in [2.05, 4.69) is 4.42 Å². The molecule has 12 heavy (non-hydrogen) atoms. The van der Waals surface area contributed by atoms with Crippen molar-refractivity contribution >= 4 is 9.84 Å². The summed E-state index contributed by atoms with van der Waals surface area (Å²) >= 11 is 0. The fourth-order valence-corrected chi connectivity index (χ4v) is 1.60. The van der Waals surface area contributed by atoms with E-state index in [0.29, 0.717) is 0 Å². The van der Waals surface area contributed by atoms with Crippen molar-refractivity contribution in [2.45, 2.75) is 17.8 Å². The van der Waals surface area contributed by atoms with E-state index in [4.69, 9.17) is 0 Å². The zero-order chi connectivity index (χ0) is 9.35. The Labute approximate surface area is 67.9 Å². The minimum atomic E-state index is -4.56. The fraction of sp³-hybridized carbons (Fsp3) is 0.333. The third kappa shape index (κ3) is 1.34. The van der Waals surface area contributed by atoms with Gasteiger partial charge < -0.3 is 4.42 Å². The zero-order valence-electron chi connectivity index (χ0n) is 6.12. The van der Waals surface area contributed by atoms with Crippen molar-refractivity contribution in [1.29, 1.82) is 0 Å². The van der Waals surface area contributed by atoms with Gasteiger partial charge in [-0.3, -0.25) is 0 Å². The van der Waals surface area contributed by atoms with Crippen molar-refractivity contribution in [3.8, 4) is 0 Å². The SMILES string of the molecule is Cc1ccoc1S(=O)(=O)C(F)F. The van der Waals surface area contributed by atoms with Gasteiger partial charge in [0, 0.05) is 5.56 Å². The molecule has 0 spiro atoms. The molecule has 0 aromatic carbocycles. The Morgan fingerprint density at radius 3 is 2.42 bits per heavy atom. The van der Waals surface area contributed by atoms with Gasteiger partial charge in [0.05, 0.1) is 6.26 Å². The van der Waals surface area contributed by atoms with Crippen LogP contribution >= 0.6 is 0 Å². The Kier molecular flexibility index (Phi) is 2.18. The molecular formula is C6H6F2O3S. The zero-order valence-corrected chi connectivity index (χ0v) is 6.94. The van der Waals surface area contributed by atoms with Crippen molar-refractivity contribution in [2.24, 2.45) is 0 Å². The molecule has 0 radical (unpaired) electrons. The fourth-order valence-electron chi connectivity index (χ4n) is 0.731. The van der Waals surface area contributed by atoms with Gasteiger partial charge in [-0.1, -0.05) is 0 Å². The molecule has 0 aliphatic carbocycles. The molecule has 1 rings (SSSR count). The van der Waals surface area contributed by atoms with E-state index in [1.165, 1.54) is 13.0 Å². The summed E-state index contributed by atoms with van der Waals surface area (Å²) in [5, 5.41) is -0.655. The van der Waals surface area contributed by atoms with Crippen LogP contribution in [0.5, 0.6) is 0 Å². The molecule has 0 saturated heterocycles. The highest BCUT2D eigenvalue weighted by Gasteiger charge is 2.30. The molecule has 0 atom stereocenters. The molecule has 1 heterocycles. The van der Waals surface area contributed by atoms with Gasteiger partial charge in [-0.25, -0.2) is 8.42 Å². The molecule has 0 N–H and O–H groups in total. The lowest BCUT2D eigenvalue weighted by atomic mass is 10.4. The topological polar surface area (TPSA) is 47.3 Å². The Balaban J connectivity index is 3.24. The molecule has 1 aromatic rings. The Hall–Kier alpha value is -0.910. The van der Waals surface area contributed by atoms with Crippen molar-refractivity contribution in [3.05, 3.63) is 17.9 Å². The number of rotatable bonds is 2. The first-order chi connectivity index (χ1) is 5.46. The average Bonchev–Trinajstić information content (AvgIpc) is 2.35. The van der Waals surface area contributed by atoms with Gasteiger partial charge in [0.15, 0.2) is 0 Å². The highest BCUT2D eigenvalue weighted by Crippen LogP contribution is 2.22. The van der Waals surface area contributed by atoms with Crippen LogP contribution in [0.3, 0.4) is 0 Å². The van der Waals surface area contributed by atoms with Crippen molar-refractivity contribution in [1.82, 2.24) is 0 Å².